The van der Waals surface area contributed by atoms with Crippen molar-refractivity contribution in [1.29, 1.82) is 0 Å². The zero-order chi connectivity index (χ0) is 22.1. The minimum absolute atomic E-state index is 0. The molecule has 0 radical (unpaired) electrons. The molecule has 1 aromatic heterocycles. The molecule has 2 aromatic rings. The number of hydrogen-bond acceptors (Lipinski definition) is 6. The summed E-state index contributed by atoms with van der Waals surface area (Å²) in [6.07, 6.45) is 0.690. The summed E-state index contributed by atoms with van der Waals surface area (Å²) in [6, 6.07) is 7.54. The number of anilines is 1. The third-order valence-corrected chi connectivity index (χ3v) is 7.34. The predicted molar refractivity (Wildman–Crippen MR) is 132 cm³/mol. The van der Waals surface area contributed by atoms with Gasteiger partial charge in [0.1, 0.15) is 5.00 Å². The van der Waals surface area contributed by atoms with Gasteiger partial charge in [0.25, 0.3) is 5.91 Å². The fourth-order valence-electron chi connectivity index (χ4n) is 4.08. The molecule has 0 bridgehead atoms. The van der Waals surface area contributed by atoms with Crippen molar-refractivity contribution in [2.75, 3.05) is 17.7 Å². The van der Waals surface area contributed by atoms with Crippen LogP contribution in [-0.2, 0) is 16.7 Å². The first-order valence-corrected chi connectivity index (χ1v) is 12.0. The van der Waals surface area contributed by atoms with Crippen LogP contribution in [0.15, 0.2) is 29.2 Å². The van der Waals surface area contributed by atoms with Gasteiger partial charge in [-0.3, -0.25) is 4.79 Å². The lowest BCUT2D eigenvalue weighted by Crippen LogP contribution is -2.55. The second-order valence-corrected chi connectivity index (χ2v) is 10.9. The lowest BCUT2D eigenvalue weighted by Gasteiger charge is -2.42. The Labute approximate surface area is 199 Å². The summed E-state index contributed by atoms with van der Waals surface area (Å²) < 4.78 is 5.35. The molecule has 2 N–H and O–H groups in total. The van der Waals surface area contributed by atoms with E-state index in [0.29, 0.717) is 29.2 Å². The SMILES string of the molecule is CCOC(=O)c1c(NC(=O)c2ccc(SCC)cc2)sc2c1CC(C)(C)NC2(C)C.Cl. The lowest BCUT2D eigenvalue weighted by atomic mass is 9.81. The first-order chi connectivity index (χ1) is 14.1. The summed E-state index contributed by atoms with van der Waals surface area (Å²) >= 11 is 3.19. The molecule has 5 nitrogen and oxygen atoms in total. The van der Waals surface area contributed by atoms with Crippen LogP contribution in [0.1, 0.15) is 72.7 Å². The van der Waals surface area contributed by atoms with E-state index in [-0.39, 0.29) is 35.4 Å². The van der Waals surface area contributed by atoms with Crippen LogP contribution >= 0.6 is 35.5 Å². The number of ether oxygens (including phenoxy) is 1. The molecule has 31 heavy (non-hydrogen) atoms. The van der Waals surface area contributed by atoms with Crippen LogP contribution in [0.4, 0.5) is 5.00 Å². The fourth-order valence-corrected chi connectivity index (χ4v) is 6.00. The van der Waals surface area contributed by atoms with Crippen molar-refractivity contribution >= 4 is 52.4 Å². The van der Waals surface area contributed by atoms with Gasteiger partial charge in [-0.05, 0) is 76.6 Å². The minimum Gasteiger partial charge on any atom is -0.462 e. The maximum atomic E-state index is 12.9. The van der Waals surface area contributed by atoms with E-state index in [0.717, 1.165) is 21.1 Å². The maximum Gasteiger partial charge on any atom is 0.341 e. The van der Waals surface area contributed by atoms with Gasteiger partial charge in [-0.25, -0.2) is 4.79 Å². The quantitative estimate of drug-likeness (QED) is 0.398. The molecule has 0 saturated carbocycles. The standard InChI is InChI=1S/C23H30N2O3S2.ClH/c1-7-28-21(27)17-16-13-22(3,4)25-23(5,6)18(16)30-20(17)24-19(26)14-9-11-15(12-10-14)29-8-2;/h9-12,25H,7-8,13H2,1-6H3,(H,24,26);1H. The Morgan fingerprint density at radius 1 is 1.16 bits per heavy atom. The van der Waals surface area contributed by atoms with Gasteiger partial charge in [0.15, 0.2) is 0 Å². The molecule has 0 unspecified atom stereocenters. The number of nitrogens with one attached hydrogen (secondary N) is 2. The Kier molecular flexibility index (Phi) is 8.25. The average Bonchev–Trinajstić information content (AvgIpc) is 2.99. The minimum atomic E-state index is -0.381. The van der Waals surface area contributed by atoms with Gasteiger partial charge in [0.05, 0.1) is 12.2 Å². The van der Waals surface area contributed by atoms with Crippen molar-refractivity contribution in [3.63, 3.8) is 0 Å². The largest absolute Gasteiger partial charge is 0.462 e. The lowest BCUT2D eigenvalue weighted by molar-refractivity contribution is 0.0526. The van der Waals surface area contributed by atoms with Crippen molar-refractivity contribution in [2.24, 2.45) is 0 Å². The van der Waals surface area contributed by atoms with Crippen LogP contribution in [-0.4, -0.2) is 29.8 Å². The number of esters is 1. The molecule has 1 amide bonds. The van der Waals surface area contributed by atoms with Gasteiger partial charge in [0, 0.05) is 26.4 Å². The number of thioether (sulfide) groups is 1. The summed E-state index contributed by atoms with van der Waals surface area (Å²) in [5.41, 5.74) is 1.54. The average molecular weight is 483 g/mol. The molecule has 2 heterocycles. The molecule has 0 atom stereocenters. The van der Waals surface area contributed by atoms with Crippen molar-refractivity contribution in [3.05, 3.63) is 45.8 Å². The molecule has 1 aliphatic heterocycles. The van der Waals surface area contributed by atoms with E-state index in [1.54, 1.807) is 18.7 Å². The van der Waals surface area contributed by atoms with Gasteiger partial charge >= 0.3 is 5.97 Å². The molecule has 8 heteroatoms. The number of amides is 1. The second kappa shape index (κ2) is 9.94. The number of carbonyl (C=O) groups excluding carboxylic acids is 2. The van der Waals surface area contributed by atoms with Crippen molar-refractivity contribution in [3.8, 4) is 0 Å². The Balaban J connectivity index is 0.00000341. The third kappa shape index (κ3) is 5.64. The molecule has 1 aliphatic rings. The number of benzene rings is 1. The molecule has 1 aromatic carbocycles. The number of halogens is 1. The van der Waals surface area contributed by atoms with E-state index in [1.165, 1.54) is 11.3 Å². The number of fused-ring (bicyclic) bond motifs is 1. The highest BCUT2D eigenvalue weighted by Gasteiger charge is 2.42. The highest BCUT2D eigenvalue weighted by Crippen LogP contribution is 2.45. The van der Waals surface area contributed by atoms with Crippen LogP contribution in [0.25, 0.3) is 0 Å². The van der Waals surface area contributed by atoms with Gasteiger partial charge in [-0.1, -0.05) is 6.92 Å². The first-order valence-electron chi connectivity index (χ1n) is 10.2. The molecule has 3 rings (SSSR count). The summed E-state index contributed by atoms with van der Waals surface area (Å²) in [7, 11) is 0. The van der Waals surface area contributed by atoms with E-state index in [4.69, 9.17) is 4.74 Å². The number of rotatable bonds is 6. The van der Waals surface area contributed by atoms with Crippen molar-refractivity contribution < 1.29 is 14.3 Å². The third-order valence-electron chi connectivity index (χ3n) is 4.98. The normalized spacial score (nSPS) is 16.1. The Bertz CT molecular complexity index is 952. The Hall–Kier alpha value is -1.54. The van der Waals surface area contributed by atoms with Crippen molar-refractivity contribution in [1.82, 2.24) is 5.32 Å². The summed E-state index contributed by atoms with van der Waals surface area (Å²) in [6.45, 7) is 12.6. The van der Waals surface area contributed by atoms with E-state index >= 15 is 0 Å². The van der Waals surface area contributed by atoms with Gasteiger partial charge in [-0.15, -0.1) is 35.5 Å². The molecule has 0 spiro atoms. The van der Waals surface area contributed by atoms with E-state index in [1.807, 2.05) is 24.3 Å². The Morgan fingerprint density at radius 3 is 2.39 bits per heavy atom. The summed E-state index contributed by atoms with van der Waals surface area (Å²) in [4.78, 5) is 28.0. The number of hydrogen-bond donors (Lipinski definition) is 2. The van der Waals surface area contributed by atoms with Crippen LogP contribution in [0.3, 0.4) is 0 Å². The number of carbonyl (C=O) groups is 2. The van der Waals surface area contributed by atoms with Crippen LogP contribution in [0.2, 0.25) is 0 Å². The van der Waals surface area contributed by atoms with Gasteiger partial charge in [-0.2, -0.15) is 0 Å². The van der Waals surface area contributed by atoms with E-state index in [9.17, 15) is 9.59 Å². The first kappa shape index (κ1) is 25.7. The molecule has 0 fully saturated rings. The molecule has 0 aliphatic carbocycles. The van der Waals surface area contributed by atoms with Gasteiger partial charge in [0.2, 0.25) is 0 Å². The smallest absolute Gasteiger partial charge is 0.341 e. The molecular weight excluding hydrogens is 452 g/mol. The zero-order valence-electron chi connectivity index (χ0n) is 18.9. The van der Waals surface area contributed by atoms with Crippen LogP contribution < -0.4 is 10.6 Å². The molecular formula is C23H31ClN2O3S2. The summed E-state index contributed by atoms with van der Waals surface area (Å²) in [5.74, 6) is 0.376. The highest BCUT2D eigenvalue weighted by atomic mass is 35.5. The predicted octanol–water partition coefficient (Wildman–Crippen LogP) is 5.87. The van der Waals surface area contributed by atoms with E-state index < -0.39 is 0 Å². The zero-order valence-corrected chi connectivity index (χ0v) is 21.3. The fraction of sp³-hybridized carbons (Fsp3) is 0.478. The van der Waals surface area contributed by atoms with Crippen LogP contribution in [0.5, 0.6) is 0 Å². The highest BCUT2D eigenvalue weighted by molar-refractivity contribution is 7.99. The summed E-state index contributed by atoms with van der Waals surface area (Å²) in [5, 5.41) is 7.19. The second-order valence-electron chi connectivity index (χ2n) is 8.56. The van der Waals surface area contributed by atoms with Gasteiger partial charge < -0.3 is 15.4 Å². The monoisotopic (exact) mass is 482 g/mol. The molecule has 0 saturated heterocycles. The Morgan fingerprint density at radius 2 is 1.81 bits per heavy atom. The van der Waals surface area contributed by atoms with Crippen LogP contribution in [0, 0.1) is 0 Å². The number of thiophene rings is 1. The maximum absolute atomic E-state index is 12.9. The molecule has 170 valence electrons. The van der Waals surface area contributed by atoms with Crippen molar-refractivity contribution in [2.45, 2.75) is 63.9 Å². The topological polar surface area (TPSA) is 67.4 Å². The van der Waals surface area contributed by atoms with E-state index in [2.05, 4.69) is 45.3 Å².